The number of piperidine rings is 1. The maximum absolute atomic E-state index is 3.45. The molecule has 0 radical (unpaired) electrons. The predicted octanol–water partition coefficient (Wildman–Crippen LogP) is 3.56. The fourth-order valence-corrected chi connectivity index (χ4v) is 3.09. The second-order valence-corrected chi connectivity index (χ2v) is 5.58. The van der Waals surface area contributed by atoms with Crippen molar-refractivity contribution in [3.63, 3.8) is 0 Å². The minimum absolute atomic E-state index is 0.793. The lowest BCUT2D eigenvalue weighted by atomic mass is 9.98. The lowest BCUT2D eigenvalue weighted by Crippen LogP contribution is -2.38. The molecular weight excluding hydrogens is 232 g/mol. The summed E-state index contributed by atoms with van der Waals surface area (Å²) in [5, 5.41) is 3.45. The molecule has 1 atom stereocenters. The molecule has 0 aliphatic carbocycles. The molecule has 0 amide bonds. The second-order valence-electron chi connectivity index (χ2n) is 5.58. The molecule has 1 heterocycles. The molecule has 1 aliphatic rings. The minimum atomic E-state index is 0.793. The van der Waals surface area contributed by atoms with Crippen LogP contribution in [-0.2, 0) is 13.1 Å². The van der Waals surface area contributed by atoms with Crippen molar-refractivity contribution in [2.75, 3.05) is 13.1 Å². The van der Waals surface area contributed by atoms with E-state index in [1.807, 2.05) is 0 Å². The Morgan fingerprint density at radius 2 is 1.95 bits per heavy atom. The monoisotopic (exact) mass is 260 g/mol. The van der Waals surface area contributed by atoms with Crippen molar-refractivity contribution in [3.05, 3.63) is 35.4 Å². The molecule has 0 bridgehead atoms. The zero-order chi connectivity index (χ0) is 13.5. The van der Waals surface area contributed by atoms with Gasteiger partial charge in [-0.2, -0.15) is 0 Å². The first-order chi connectivity index (χ1) is 9.35. The molecule has 2 nitrogen and oxygen atoms in total. The number of rotatable bonds is 6. The average Bonchev–Trinajstić information content (AvgIpc) is 2.47. The van der Waals surface area contributed by atoms with Gasteiger partial charge in [0.25, 0.3) is 0 Å². The van der Waals surface area contributed by atoms with E-state index in [0.717, 1.165) is 25.7 Å². The number of benzene rings is 1. The molecule has 2 heteroatoms. The number of hydrogen-bond donors (Lipinski definition) is 1. The van der Waals surface area contributed by atoms with E-state index in [1.54, 1.807) is 0 Å². The van der Waals surface area contributed by atoms with E-state index in [4.69, 9.17) is 0 Å². The van der Waals surface area contributed by atoms with Crippen LogP contribution in [0.2, 0.25) is 0 Å². The van der Waals surface area contributed by atoms with Gasteiger partial charge in [-0.05, 0) is 43.5 Å². The summed E-state index contributed by atoms with van der Waals surface area (Å²) in [7, 11) is 0. The summed E-state index contributed by atoms with van der Waals surface area (Å²) in [4.78, 5) is 2.69. The molecule has 1 aromatic rings. The van der Waals surface area contributed by atoms with E-state index in [2.05, 4.69) is 48.3 Å². The molecule has 19 heavy (non-hydrogen) atoms. The van der Waals surface area contributed by atoms with Crippen molar-refractivity contribution in [2.45, 2.75) is 58.7 Å². The van der Waals surface area contributed by atoms with Crippen LogP contribution in [0.5, 0.6) is 0 Å². The van der Waals surface area contributed by atoms with Crippen LogP contribution in [0.15, 0.2) is 24.3 Å². The number of likely N-dealkylation sites (tertiary alicyclic amines) is 1. The van der Waals surface area contributed by atoms with Gasteiger partial charge in [-0.3, -0.25) is 4.90 Å². The van der Waals surface area contributed by atoms with Gasteiger partial charge in [0.05, 0.1) is 0 Å². The predicted molar refractivity (Wildman–Crippen MR) is 82.2 cm³/mol. The topological polar surface area (TPSA) is 15.3 Å². The van der Waals surface area contributed by atoms with Gasteiger partial charge in [0.2, 0.25) is 0 Å². The Balaban J connectivity index is 2.04. The van der Waals surface area contributed by atoms with Crippen molar-refractivity contribution < 1.29 is 0 Å². The van der Waals surface area contributed by atoms with Gasteiger partial charge in [-0.1, -0.05) is 44.5 Å². The summed E-state index contributed by atoms with van der Waals surface area (Å²) in [6.07, 6.45) is 5.45. The summed E-state index contributed by atoms with van der Waals surface area (Å²) in [6.45, 7) is 8.93. The number of nitrogens with one attached hydrogen (secondary N) is 1. The van der Waals surface area contributed by atoms with E-state index in [0.29, 0.717) is 0 Å². The first-order valence-electron chi connectivity index (χ1n) is 7.86. The zero-order valence-electron chi connectivity index (χ0n) is 12.5. The summed E-state index contributed by atoms with van der Waals surface area (Å²) >= 11 is 0. The van der Waals surface area contributed by atoms with Crippen molar-refractivity contribution >= 4 is 0 Å². The van der Waals surface area contributed by atoms with Crippen LogP contribution >= 0.6 is 0 Å². The van der Waals surface area contributed by atoms with E-state index in [-0.39, 0.29) is 0 Å². The SMILES string of the molecule is CCNCc1ccccc1CN1CCCCC1CC. The van der Waals surface area contributed by atoms with Crippen LogP contribution in [0.4, 0.5) is 0 Å². The highest BCUT2D eigenvalue weighted by Gasteiger charge is 2.21. The van der Waals surface area contributed by atoms with Crippen LogP contribution in [0, 0.1) is 0 Å². The van der Waals surface area contributed by atoms with Crippen LogP contribution in [0.25, 0.3) is 0 Å². The van der Waals surface area contributed by atoms with Gasteiger partial charge in [0.1, 0.15) is 0 Å². The third-order valence-electron chi connectivity index (χ3n) is 4.28. The third-order valence-corrected chi connectivity index (χ3v) is 4.28. The van der Waals surface area contributed by atoms with Gasteiger partial charge in [-0.15, -0.1) is 0 Å². The fourth-order valence-electron chi connectivity index (χ4n) is 3.09. The van der Waals surface area contributed by atoms with Gasteiger partial charge >= 0.3 is 0 Å². The lowest BCUT2D eigenvalue weighted by molar-refractivity contribution is 0.136. The quantitative estimate of drug-likeness (QED) is 0.841. The van der Waals surface area contributed by atoms with Crippen molar-refractivity contribution in [1.82, 2.24) is 10.2 Å². The molecule has 1 unspecified atom stereocenters. The van der Waals surface area contributed by atoms with Crippen molar-refractivity contribution in [3.8, 4) is 0 Å². The minimum Gasteiger partial charge on any atom is -0.313 e. The summed E-state index contributed by atoms with van der Waals surface area (Å²) in [5.41, 5.74) is 2.97. The largest absolute Gasteiger partial charge is 0.313 e. The molecular formula is C17H28N2. The van der Waals surface area contributed by atoms with Crippen molar-refractivity contribution in [2.24, 2.45) is 0 Å². The lowest BCUT2D eigenvalue weighted by Gasteiger charge is -2.35. The van der Waals surface area contributed by atoms with Crippen molar-refractivity contribution in [1.29, 1.82) is 0 Å². The molecule has 0 aromatic heterocycles. The molecule has 1 N–H and O–H groups in total. The highest BCUT2D eigenvalue weighted by atomic mass is 15.2. The molecule has 1 aliphatic heterocycles. The Bertz CT molecular complexity index is 375. The maximum atomic E-state index is 3.45. The Hall–Kier alpha value is -0.860. The van der Waals surface area contributed by atoms with E-state index in [1.165, 1.54) is 43.4 Å². The van der Waals surface area contributed by atoms with Gasteiger partial charge in [-0.25, -0.2) is 0 Å². The smallest absolute Gasteiger partial charge is 0.0239 e. The molecule has 0 spiro atoms. The summed E-state index contributed by atoms with van der Waals surface area (Å²) < 4.78 is 0. The third kappa shape index (κ3) is 4.05. The first kappa shape index (κ1) is 14.5. The number of nitrogens with zero attached hydrogens (tertiary/aromatic N) is 1. The van der Waals surface area contributed by atoms with E-state index < -0.39 is 0 Å². The van der Waals surface area contributed by atoms with Crippen LogP contribution < -0.4 is 5.32 Å². The average molecular weight is 260 g/mol. The van der Waals surface area contributed by atoms with Crippen LogP contribution in [-0.4, -0.2) is 24.0 Å². The molecule has 1 saturated heterocycles. The Kier molecular flexibility index (Phi) is 5.87. The normalized spacial score (nSPS) is 20.6. The second kappa shape index (κ2) is 7.66. The summed E-state index contributed by atoms with van der Waals surface area (Å²) in [5.74, 6) is 0. The maximum Gasteiger partial charge on any atom is 0.0239 e. The molecule has 0 saturated carbocycles. The highest BCUT2D eigenvalue weighted by molar-refractivity contribution is 5.27. The van der Waals surface area contributed by atoms with E-state index >= 15 is 0 Å². The molecule has 1 fully saturated rings. The van der Waals surface area contributed by atoms with Gasteiger partial charge < -0.3 is 5.32 Å². The van der Waals surface area contributed by atoms with Crippen LogP contribution in [0.3, 0.4) is 0 Å². The number of hydrogen-bond acceptors (Lipinski definition) is 2. The van der Waals surface area contributed by atoms with Crippen LogP contribution in [0.1, 0.15) is 50.7 Å². The molecule has 106 valence electrons. The molecule has 1 aromatic carbocycles. The standard InChI is InChI=1S/C17H28N2/c1-3-17-11-7-8-12-19(17)14-16-10-6-5-9-15(16)13-18-4-2/h5-6,9-10,17-18H,3-4,7-8,11-14H2,1-2H3. The highest BCUT2D eigenvalue weighted by Crippen LogP contribution is 2.22. The summed E-state index contributed by atoms with van der Waals surface area (Å²) in [6, 6.07) is 9.69. The Morgan fingerprint density at radius 1 is 1.16 bits per heavy atom. The zero-order valence-corrected chi connectivity index (χ0v) is 12.5. The fraction of sp³-hybridized carbons (Fsp3) is 0.647. The first-order valence-corrected chi connectivity index (χ1v) is 7.86. The van der Waals surface area contributed by atoms with Gasteiger partial charge in [0, 0.05) is 19.1 Å². The molecule has 2 rings (SSSR count). The van der Waals surface area contributed by atoms with E-state index in [9.17, 15) is 0 Å². The Morgan fingerprint density at radius 3 is 2.68 bits per heavy atom. The van der Waals surface area contributed by atoms with Gasteiger partial charge in [0.15, 0.2) is 0 Å². The Labute approximate surface area is 118 Å².